The van der Waals surface area contributed by atoms with E-state index in [9.17, 15) is 0 Å². The molecule has 1 heterocycles. The van der Waals surface area contributed by atoms with E-state index in [1.165, 1.54) is 5.57 Å². The van der Waals surface area contributed by atoms with E-state index in [4.69, 9.17) is 13.7 Å². The van der Waals surface area contributed by atoms with Crippen molar-refractivity contribution in [1.29, 1.82) is 0 Å². The van der Waals surface area contributed by atoms with Crippen LogP contribution in [0.1, 0.15) is 62.3 Å². The first-order valence-corrected chi connectivity index (χ1v) is 12.4. The first-order chi connectivity index (χ1) is 11.1. The van der Waals surface area contributed by atoms with Crippen LogP contribution in [0, 0.1) is 0 Å². The summed E-state index contributed by atoms with van der Waals surface area (Å²) in [6.45, 7) is 24.0. The predicted octanol–water partition coefficient (Wildman–Crippen LogP) is 5.99. The maximum atomic E-state index is 6.35. The zero-order valence-corrected chi connectivity index (χ0v) is 19.3. The molecule has 1 aliphatic rings. The second-order valence-electron chi connectivity index (χ2n) is 9.87. The molecule has 25 heavy (non-hydrogen) atoms. The predicted molar refractivity (Wildman–Crippen MR) is 112 cm³/mol. The van der Waals surface area contributed by atoms with Gasteiger partial charge in [0.05, 0.1) is 17.3 Å². The highest BCUT2D eigenvalue weighted by atomic mass is 28.4. The molecule has 0 aromatic carbocycles. The Hall–Kier alpha value is -0.358. The molecule has 144 valence electrons. The maximum absolute atomic E-state index is 6.35. The largest absolute Gasteiger partial charge is 0.462 e. The fourth-order valence-electron chi connectivity index (χ4n) is 2.44. The molecule has 1 aliphatic heterocycles. The van der Waals surface area contributed by atoms with E-state index in [0.717, 1.165) is 6.32 Å². The third kappa shape index (κ3) is 6.09. The molecule has 0 spiro atoms. The average molecular weight is 366 g/mol. The van der Waals surface area contributed by atoms with Crippen molar-refractivity contribution in [2.75, 3.05) is 0 Å². The van der Waals surface area contributed by atoms with Gasteiger partial charge in [-0.25, -0.2) is 0 Å². The van der Waals surface area contributed by atoms with E-state index in [2.05, 4.69) is 93.6 Å². The highest BCUT2D eigenvalue weighted by Gasteiger charge is 2.50. The summed E-state index contributed by atoms with van der Waals surface area (Å²) in [7, 11) is -1.89. The Morgan fingerprint density at radius 3 is 2.04 bits per heavy atom. The van der Waals surface area contributed by atoms with Crippen LogP contribution in [0.5, 0.6) is 0 Å². The topological polar surface area (TPSA) is 27.7 Å². The van der Waals surface area contributed by atoms with Gasteiger partial charge in [-0.15, -0.1) is 0 Å². The van der Waals surface area contributed by atoms with E-state index in [0.29, 0.717) is 0 Å². The fraction of sp³-hybridized carbons (Fsp3) is 0.800. The van der Waals surface area contributed by atoms with Gasteiger partial charge in [0.2, 0.25) is 0 Å². The van der Waals surface area contributed by atoms with Crippen molar-refractivity contribution < 1.29 is 13.7 Å². The maximum Gasteiger partial charge on any atom is 0.462 e. The Balaban J connectivity index is 2.57. The average Bonchev–Trinajstić information content (AvgIpc) is 2.54. The van der Waals surface area contributed by atoms with Gasteiger partial charge >= 0.3 is 7.12 Å². The smallest absolute Gasteiger partial charge is 0.411 e. The van der Waals surface area contributed by atoms with E-state index in [1.54, 1.807) is 0 Å². The Morgan fingerprint density at radius 1 is 1.12 bits per heavy atom. The third-order valence-corrected chi connectivity index (χ3v) is 10.4. The molecular weight excluding hydrogens is 327 g/mol. The van der Waals surface area contributed by atoms with Gasteiger partial charge in [0.1, 0.15) is 0 Å². The second kappa shape index (κ2) is 7.71. The van der Waals surface area contributed by atoms with Crippen LogP contribution in [0.3, 0.4) is 0 Å². The normalized spacial score (nSPS) is 22.7. The first kappa shape index (κ1) is 22.7. The van der Waals surface area contributed by atoms with Crippen molar-refractivity contribution >= 4 is 15.4 Å². The summed E-state index contributed by atoms with van der Waals surface area (Å²) in [4.78, 5) is 0. The number of hydrogen-bond donors (Lipinski definition) is 0. The van der Waals surface area contributed by atoms with Crippen LogP contribution < -0.4 is 0 Å². The summed E-state index contributed by atoms with van der Waals surface area (Å²) in [6.07, 6.45) is 7.28. The molecule has 0 N–H and O–H groups in total. The van der Waals surface area contributed by atoms with Crippen LogP contribution in [-0.2, 0) is 13.7 Å². The van der Waals surface area contributed by atoms with Crippen LogP contribution >= 0.6 is 0 Å². The number of rotatable bonds is 6. The van der Waals surface area contributed by atoms with Gasteiger partial charge in [-0.3, -0.25) is 0 Å². The lowest BCUT2D eigenvalue weighted by molar-refractivity contribution is 0.00578. The molecule has 0 aromatic heterocycles. The lowest BCUT2D eigenvalue weighted by atomic mass is 9.81. The number of hydrogen-bond acceptors (Lipinski definition) is 3. The first-order valence-electron chi connectivity index (χ1n) is 9.45. The molecule has 1 atom stereocenters. The molecule has 0 radical (unpaired) electrons. The van der Waals surface area contributed by atoms with Crippen LogP contribution in [0.25, 0.3) is 0 Å². The molecule has 0 saturated carbocycles. The third-order valence-electron chi connectivity index (χ3n) is 5.84. The SMILES string of the molecule is C/C(=C\C=C\C(C)O[Si](C)(C)C(C)(C)C)CB1OC(C)(C)C(C)(C)O1. The molecule has 0 bridgehead atoms. The van der Waals surface area contributed by atoms with Crippen molar-refractivity contribution in [3.8, 4) is 0 Å². The van der Waals surface area contributed by atoms with Crippen molar-refractivity contribution in [1.82, 2.24) is 0 Å². The molecule has 0 aromatic rings. The summed E-state index contributed by atoms with van der Waals surface area (Å²) < 4.78 is 18.5. The van der Waals surface area contributed by atoms with Crippen molar-refractivity contribution in [3.63, 3.8) is 0 Å². The van der Waals surface area contributed by atoms with Gasteiger partial charge in [0.25, 0.3) is 0 Å². The van der Waals surface area contributed by atoms with Gasteiger partial charge in [-0.2, -0.15) is 0 Å². The highest BCUT2D eigenvalue weighted by molar-refractivity contribution is 6.74. The molecule has 1 rings (SSSR count). The van der Waals surface area contributed by atoms with Gasteiger partial charge in [0, 0.05) is 6.32 Å². The van der Waals surface area contributed by atoms with Gasteiger partial charge in [-0.1, -0.05) is 44.6 Å². The van der Waals surface area contributed by atoms with E-state index < -0.39 is 8.32 Å². The van der Waals surface area contributed by atoms with Crippen molar-refractivity contribution in [2.24, 2.45) is 0 Å². The lowest BCUT2D eigenvalue weighted by Crippen LogP contribution is -2.42. The quantitative estimate of drug-likeness (QED) is 0.427. The highest BCUT2D eigenvalue weighted by Crippen LogP contribution is 2.39. The van der Waals surface area contributed by atoms with Gasteiger partial charge in [-0.05, 0) is 59.7 Å². The zero-order chi connectivity index (χ0) is 19.7. The minimum atomic E-state index is -1.72. The number of allylic oxidation sites excluding steroid dienone is 3. The molecule has 1 saturated heterocycles. The van der Waals surface area contributed by atoms with Crippen molar-refractivity contribution in [3.05, 3.63) is 23.8 Å². The van der Waals surface area contributed by atoms with Crippen LogP contribution in [0.15, 0.2) is 23.8 Å². The zero-order valence-electron chi connectivity index (χ0n) is 18.3. The minimum Gasteiger partial charge on any atom is -0.411 e. The Kier molecular flexibility index (Phi) is 7.00. The Bertz CT molecular complexity index is 500. The molecule has 3 nitrogen and oxygen atoms in total. The molecule has 1 fully saturated rings. The standard InChI is InChI=1S/C20H39BO3Si/c1-16(15-21-23-19(6,7)20(8,9)24-21)13-12-14-17(2)22-25(10,11)18(3,4)5/h12-14,17H,15H2,1-11H3/b14-12+,16-13+. The molecular formula is C20H39BO3Si. The van der Waals surface area contributed by atoms with Gasteiger partial charge < -0.3 is 13.7 Å². The van der Waals surface area contributed by atoms with Crippen molar-refractivity contribution in [2.45, 2.75) is 104 Å². The summed E-state index contributed by atoms with van der Waals surface area (Å²) in [5.41, 5.74) is 0.716. The van der Waals surface area contributed by atoms with Crippen LogP contribution in [0.2, 0.25) is 24.5 Å². The van der Waals surface area contributed by atoms with E-state index >= 15 is 0 Å². The summed E-state index contributed by atoms with van der Waals surface area (Å²) >= 11 is 0. The van der Waals surface area contributed by atoms with E-state index in [-0.39, 0.29) is 29.5 Å². The van der Waals surface area contributed by atoms with E-state index in [1.807, 2.05) is 0 Å². The minimum absolute atomic E-state index is 0.127. The summed E-state index contributed by atoms with van der Waals surface area (Å²) in [6, 6.07) is 0. The van der Waals surface area contributed by atoms with Crippen LogP contribution in [-0.4, -0.2) is 32.7 Å². The molecule has 5 heteroatoms. The lowest BCUT2D eigenvalue weighted by Gasteiger charge is -2.37. The summed E-state index contributed by atoms with van der Waals surface area (Å²) in [5, 5.41) is 0.234. The van der Waals surface area contributed by atoms with Gasteiger partial charge in [0.15, 0.2) is 8.32 Å². The Morgan fingerprint density at radius 2 is 1.60 bits per heavy atom. The fourth-order valence-corrected chi connectivity index (χ4v) is 3.80. The Labute approximate surface area is 157 Å². The molecule has 1 unspecified atom stereocenters. The molecule has 0 amide bonds. The molecule has 0 aliphatic carbocycles. The summed E-state index contributed by atoms with van der Waals surface area (Å²) in [5.74, 6) is 0. The monoisotopic (exact) mass is 366 g/mol. The second-order valence-corrected chi connectivity index (χ2v) is 14.6. The van der Waals surface area contributed by atoms with Crippen LogP contribution in [0.4, 0.5) is 0 Å².